The van der Waals surface area contributed by atoms with Gasteiger partial charge in [-0.05, 0) is 68.6 Å². The van der Waals surface area contributed by atoms with Crippen LogP contribution < -0.4 is 4.74 Å². The van der Waals surface area contributed by atoms with Gasteiger partial charge in [0.25, 0.3) is 0 Å². The average molecular weight is 426 g/mol. The molecule has 0 radical (unpaired) electrons. The summed E-state index contributed by atoms with van der Waals surface area (Å²) in [5, 5.41) is 12.2. The molecule has 5 heteroatoms. The van der Waals surface area contributed by atoms with Crippen LogP contribution in [-0.4, -0.2) is 47.5 Å². The standard InChI is InChI=1S/C27H27N3O2/c1-21-4-8-23(9-5-21)24-10-12-26(28-19-24)11-6-22-7-13-27(25(18-22)20-29-31)32-17-16-30-14-2-3-15-30/h4-5,7-10,12-13,18-20,31H,2-3,14-17H2,1H3. The molecule has 4 rings (SSSR count). The van der Waals surface area contributed by atoms with Crippen molar-refractivity contribution >= 4 is 6.21 Å². The number of likely N-dealkylation sites (tertiary alicyclic amines) is 1. The molecule has 0 unspecified atom stereocenters. The van der Waals surface area contributed by atoms with Gasteiger partial charge in [0.2, 0.25) is 0 Å². The molecule has 2 aromatic carbocycles. The number of benzene rings is 2. The second-order valence-corrected chi connectivity index (χ2v) is 7.94. The lowest BCUT2D eigenvalue weighted by Gasteiger charge is -2.15. The minimum absolute atomic E-state index is 0.606. The van der Waals surface area contributed by atoms with Crippen LogP contribution in [0, 0.1) is 18.8 Å². The van der Waals surface area contributed by atoms with E-state index in [-0.39, 0.29) is 0 Å². The van der Waals surface area contributed by atoms with Gasteiger partial charge in [-0.1, -0.05) is 47.0 Å². The summed E-state index contributed by atoms with van der Waals surface area (Å²) in [6.45, 7) is 5.87. The van der Waals surface area contributed by atoms with Crippen LogP contribution in [-0.2, 0) is 0 Å². The van der Waals surface area contributed by atoms with Gasteiger partial charge in [0.05, 0.1) is 6.21 Å². The Labute approximate surface area is 189 Å². The number of aromatic nitrogens is 1. The number of rotatable bonds is 6. The van der Waals surface area contributed by atoms with Crippen LogP contribution >= 0.6 is 0 Å². The van der Waals surface area contributed by atoms with Crippen LogP contribution in [0.4, 0.5) is 0 Å². The van der Waals surface area contributed by atoms with E-state index >= 15 is 0 Å². The molecule has 0 bridgehead atoms. The quantitative estimate of drug-likeness (QED) is 0.268. The molecule has 32 heavy (non-hydrogen) atoms. The molecule has 2 heterocycles. The van der Waals surface area contributed by atoms with E-state index in [1.54, 1.807) is 0 Å². The molecule has 0 spiro atoms. The lowest BCUT2D eigenvalue weighted by Crippen LogP contribution is -2.25. The summed E-state index contributed by atoms with van der Waals surface area (Å²) < 4.78 is 5.93. The highest BCUT2D eigenvalue weighted by molar-refractivity contribution is 5.83. The molecule has 1 aliphatic heterocycles. The van der Waals surface area contributed by atoms with E-state index in [4.69, 9.17) is 9.94 Å². The fraction of sp³-hybridized carbons (Fsp3) is 0.259. The lowest BCUT2D eigenvalue weighted by molar-refractivity contribution is 0.237. The summed E-state index contributed by atoms with van der Waals surface area (Å²) in [5.74, 6) is 6.93. The van der Waals surface area contributed by atoms with Crippen molar-refractivity contribution in [2.24, 2.45) is 5.16 Å². The Morgan fingerprint density at radius 3 is 2.53 bits per heavy atom. The highest BCUT2D eigenvalue weighted by atomic mass is 16.5. The average Bonchev–Trinajstić information content (AvgIpc) is 3.34. The highest BCUT2D eigenvalue weighted by Crippen LogP contribution is 2.20. The summed E-state index contributed by atoms with van der Waals surface area (Å²) >= 11 is 0. The third-order valence-corrected chi connectivity index (χ3v) is 5.55. The van der Waals surface area contributed by atoms with Crippen molar-refractivity contribution in [1.29, 1.82) is 0 Å². The Hall–Kier alpha value is -3.62. The van der Waals surface area contributed by atoms with E-state index in [9.17, 15) is 0 Å². The first-order valence-corrected chi connectivity index (χ1v) is 10.9. The van der Waals surface area contributed by atoms with E-state index in [1.807, 2.05) is 36.5 Å². The van der Waals surface area contributed by atoms with Crippen molar-refractivity contribution in [3.63, 3.8) is 0 Å². The monoisotopic (exact) mass is 425 g/mol. The van der Waals surface area contributed by atoms with Crippen LogP contribution in [0.1, 0.15) is 35.2 Å². The molecule has 0 saturated carbocycles. The molecule has 1 aromatic heterocycles. The maximum absolute atomic E-state index is 9.04. The summed E-state index contributed by atoms with van der Waals surface area (Å²) in [4.78, 5) is 6.88. The Morgan fingerprint density at radius 2 is 1.81 bits per heavy atom. The van der Waals surface area contributed by atoms with Gasteiger partial charge < -0.3 is 9.94 Å². The molecule has 1 aliphatic rings. The largest absolute Gasteiger partial charge is 0.492 e. The number of aryl methyl sites for hydroxylation is 1. The SMILES string of the molecule is Cc1ccc(-c2ccc(C#Cc3ccc(OCCN4CCCC4)c(C=NO)c3)nc2)cc1. The molecule has 162 valence electrons. The number of hydrogen-bond donors (Lipinski definition) is 1. The maximum atomic E-state index is 9.04. The van der Waals surface area contributed by atoms with Crippen molar-refractivity contribution in [3.05, 3.63) is 83.2 Å². The topological polar surface area (TPSA) is 58.0 Å². The third-order valence-electron chi connectivity index (χ3n) is 5.55. The first-order chi connectivity index (χ1) is 15.7. The number of pyridine rings is 1. The van der Waals surface area contributed by atoms with Gasteiger partial charge in [-0.15, -0.1) is 0 Å². The second-order valence-electron chi connectivity index (χ2n) is 7.94. The molecule has 1 N–H and O–H groups in total. The zero-order valence-corrected chi connectivity index (χ0v) is 18.3. The van der Waals surface area contributed by atoms with Crippen LogP contribution in [0.5, 0.6) is 5.75 Å². The van der Waals surface area contributed by atoms with E-state index in [0.29, 0.717) is 23.6 Å². The Morgan fingerprint density at radius 1 is 1.03 bits per heavy atom. The van der Waals surface area contributed by atoms with Gasteiger partial charge in [-0.2, -0.15) is 0 Å². The Bertz CT molecular complexity index is 1120. The molecule has 1 saturated heterocycles. The lowest BCUT2D eigenvalue weighted by atomic mass is 10.1. The van der Waals surface area contributed by atoms with Gasteiger partial charge >= 0.3 is 0 Å². The van der Waals surface area contributed by atoms with E-state index in [0.717, 1.165) is 36.3 Å². The van der Waals surface area contributed by atoms with Gasteiger partial charge in [-0.25, -0.2) is 4.98 Å². The fourth-order valence-electron chi connectivity index (χ4n) is 3.73. The van der Waals surface area contributed by atoms with Crippen molar-refractivity contribution in [2.75, 3.05) is 26.2 Å². The smallest absolute Gasteiger partial charge is 0.128 e. The van der Waals surface area contributed by atoms with E-state index in [2.05, 4.69) is 58.1 Å². The molecular formula is C27H27N3O2. The van der Waals surface area contributed by atoms with E-state index in [1.165, 1.54) is 24.6 Å². The highest BCUT2D eigenvalue weighted by Gasteiger charge is 2.11. The number of ether oxygens (including phenoxy) is 1. The van der Waals surface area contributed by atoms with Crippen molar-refractivity contribution in [1.82, 2.24) is 9.88 Å². The Kier molecular flexibility index (Phi) is 7.16. The summed E-state index contributed by atoms with van der Waals surface area (Å²) in [7, 11) is 0. The molecule has 0 aliphatic carbocycles. The maximum Gasteiger partial charge on any atom is 0.128 e. The predicted octanol–water partition coefficient (Wildman–Crippen LogP) is 4.74. The molecular weight excluding hydrogens is 398 g/mol. The fourth-order valence-corrected chi connectivity index (χ4v) is 3.73. The zero-order chi connectivity index (χ0) is 22.2. The zero-order valence-electron chi connectivity index (χ0n) is 18.3. The minimum Gasteiger partial charge on any atom is -0.492 e. The predicted molar refractivity (Wildman–Crippen MR) is 127 cm³/mol. The van der Waals surface area contributed by atoms with Crippen molar-refractivity contribution < 1.29 is 9.94 Å². The van der Waals surface area contributed by atoms with Crippen molar-refractivity contribution in [2.45, 2.75) is 19.8 Å². The van der Waals surface area contributed by atoms with Gasteiger partial charge in [0, 0.05) is 29.4 Å². The van der Waals surface area contributed by atoms with Crippen molar-refractivity contribution in [3.8, 4) is 28.7 Å². The van der Waals surface area contributed by atoms with Gasteiger partial charge in [0.1, 0.15) is 18.1 Å². The molecule has 0 atom stereocenters. The van der Waals surface area contributed by atoms with Crippen LogP contribution in [0.25, 0.3) is 11.1 Å². The molecule has 0 amide bonds. The molecule has 5 nitrogen and oxygen atoms in total. The third kappa shape index (κ3) is 5.75. The Balaban J connectivity index is 1.43. The van der Waals surface area contributed by atoms with Crippen LogP contribution in [0.2, 0.25) is 0 Å². The summed E-state index contributed by atoms with van der Waals surface area (Å²) in [5.41, 5.74) is 5.63. The van der Waals surface area contributed by atoms with Gasteiger partial charge in [0.15, 0.2) is 0 Å². The summed E-state index contributed by atoms with van der Waals surface area (Å²) in [6.07, 6.45) is 5.75. The minimum atomic E-state index is 0.606. The second kappa shape index (κ2) is 10.6. The first-order valence-electron chi connectivity index (χ1n) is 10.9. The number of nitrogens with zero attached hydrogens (tertiary/aromatic N) is 3. The van der Waals surface area contributed by atoms with Gasteiger partial charge in [-0.3, -0.25) is 4.90 Å². The van der Waals surface area contributed by atoms with Crippen LogP contribution in [0.15, 0.2) is 65.9 Å². The molecule has 1 fully saturated rings. The first kappa shape index (κ1) is 21.6. The summed E-state index contributed by atoms with van der Waals surface area (Å²) in [6, 6.07) is 18.0. The normalized spacial score (nSPS) is 13.8. The van der Waals surface area contributed by atoms with Crippen LogP contribution in [0.3, 0.4) is 0 Å². The number of hydrogen-bond acceptors (Lipinski definition) is 5. The number of oxime groups is 1. The van der Waals surface area contributed by atoms with E-state index < -0.39 is 0 Å². The molecule has 3 aromatic rings.